The summed E-state index contributed by atoms with van der Waals surface area (Å²) in [5.74, 6) is 0. The summed E-state index contributed by atoms with van der Waals surface area (Å²) in [5, 5.41) is 9.62. The Hall–Kier alpha value is -0.393. The maximum absolute atomic E-state index is 10.1. The number of hydrogen-bond acceptors (Lipinski definition) is 3. The van der Waals surface area contributed by atoms with E-state index < -0.39 is 8.32 Å². The molecule has 0 atom stereocenters. The van der Waals surface area contributed by atoms with Crippen molar-refractivity contribution < 1.29 is 14.4 Å². The molecule has 0 aliphatic rings. The summed E-state index contributed by atoms with van der Waals surface area (Å²) in [5.41, 5.74) is 0. The summed E-state index contributed by atoms with van der Waals surface area (Å²) in [6.45, 7) is 11.3. The number of carbonyl (C=O) groups is 1. The third-order valence-electron chi connectivity index (χ3n) is 2.71. The summed E-state index contributed by atoms with van der Waals surface area (Å²) >= 11 is 0. The van der Waals surface area contributed by atoms with Gasteiger partial charge in [0.2, 0.25) is 6.41 Å². The van der Waals surface area contributed by atoms with Crippen LogP contribution >= 0.6 is 0 Å². The van der Waals surface area contributed by atoms with E-state index in [1.165, 1.54) is 0 Å². The largest absolute Gasteiger partial charge is 0.415 e. The second kappa shape index (κ2) is 4.91. The summed E-state index contributed by atoms with van der Waals surface area (Å²) in [6, 6.07) is 0. The summed E-state index contributed by atoms with van der Waals surface area (Å²) < 4.78 is 5.74. The van der Waals surface area contributed by atoms with Crippen LogP contribution in [0.3, 0.4) is 0 Å². The Bertz CT molecular complexity index is 189. The van der Waals surface area contributed by atoms with Crippen LogP contribution in [0.2, 0.25) is 18.1 Å². The minimum absolute atomic E-state index is 0.161. The molecule has 5 heteroatoms. The van der Waals surface area contributed by atoms with Crippen molar-refractivity contribution in [2.45, 2.75) is 38.9 Å². The highest BCUT2D eigenvalue weighted by Crippen LogP contribution is 2.36. The van der Waals surface area contributed by atoms with Gasteiger partial charge in [-0.05, 0) is 18.1 Å². The summed E-state index contributed by atoms with van der Waals surface area (Å²) in [4.78, 5) is 10.1. The second-order valence-corrected chi connectivity index (χ2v) is 9.69. The van der Waals surface area contributed by atoms with E-state index in [4.69, 9.17) is 9.63 Å². The molecule has 0 saturated carbocycles. The van der Waals surface area contributed by atoms with E-state index in [1.807, 2.05) is 0 Å². The van der Waals surface area contributed by atoms with E-state index in [0.29, 0.717) is 18.1 Å². The highest BCUT2D eigenvalue weighted by Gasteiger charge is 2.36. The van der Waals surface area contributed by atoms with Crippen molar-refractivity contribution >= 4 is 14.7 Å². The first kappa shape index (κ1) is 13.6. The fraction of sp³-hybridized carbons (Fsp3) is 0.889. The van der Waals surface area contributed by atoms with Gasteiger partial charge < -0.3 is 4.43 Å². The Labute approximate surface area is 86.9 Å². The Morgan fingerprint density at radius 1 is 1.43 bits per heavy atom. The second-order valence-electron chi connectivity index (χ2n) is 4.88. The molecule has 1 amide bonds. The lowest BCUT2D eigenvalue weighted by molar-refractivity contribution is -0.151. The van der Waals surface area contributed by atoms with Crippen molar-refractivity contribution in [3.8, 4) is 0 Å². The first-order valence-electron chi connectivity index (χ1n) is 4.75. The van der Waals surface area contributed by atoms with Gasteiger partial charge in [-0.25, -0.2) is 5.06 Å². The molecule has 0 spiro atoms. The van der Waals surface area contributed by atoms with E-state index in [2.05, 4.69) is 33.9 Å². The Morgan fingerprint density at radius 2 is 1.93 bits per heavy atom. The minimum atomic E-state index is -1.74. The Kier molecular flexibility index (Phi) is 4.77. The number of hydrogen-bond donors (Lipinski definition) is 1. The lowest BCUT2D eigenvalue weighted by Gasteiger charge is -2.36. The number of carbonyl (C=O) groups excluding carboxylic acids is 1. The fourth-order valence-electron chi connectivity index (χ4n) is 0.664. The van der Waals surface area contributed by atoms with E-state index in [9.17, 15) is 4.79 Å². The normalized spacial score (nSPS) is 12.7. The molecule has 0 radical (unpaired) electrons. The van der Waals surface area contributed by atoms with Crippen molar-refractivity contribution in [2.24, 2.45) is 0 Å². The zero-order valence-corrected chi connectivity index (χ0v) is 10.7. The highest BCUT2D eigenvalue weighted by molar-refractivity contribution is 6.74. The molecule has 0 fully saturated rings. The topological polar surface area (TPSA) is 49.8 Å². The first-order valence-corrected chi connectivity index (χ1v) is 7.66. The molecule has 4 nitrogen and oxygen atoms in total. The van der Waals surface area contributed by atoms with E-state index in [0.717, 1.165) is 0 Å². The van der Waals surface area contributed by atoms with Crippen LogP contribution in [-0.4, -0.2) is 38.1 Å². The lowest BCUT2D eigenvalue weighted by atomic mass is 10.2. The molecule has 1 N–H and O–H groups in total. The summed E-state index contributed by atoms with van der Waals surface area (Å²) in [6.07, 6.45) is 0.384. The van der Waals surface area contributed by atoms with Crippen LogP contribution in [0.25, 0.3) is 0 Å². The van der Waals surface area contributed by atoms with Crippen molar-refractivity contribution in [3.63, 3.8) is 0 Å². The molecule has 0 unspecified atom stereocenters. The predicted octanol–water partition coefficient (Wildman–Crippen LogP) is 1.86. The van der Waals surface area contributed by atoms with Crippen molar-refractivity contribution in [2.75, 3.05) is 13.2 Å². The van der Waals surface area contributed by atoms with Crippen LogP contribution in [0, 0.1) is 0 Å². The SMILES string of the molecule is CC(C)(C)[Si](C)(C)OCCN(O)C=O. The number of amides is 1. The predicted molar refractivity (Wildman–Crippen MR) is 57.7 cm³/mol. The zero-order valence-electron chi connectivity index (χ0n) is 9.70. The molecule has 0 aromatic rings. The van der Waals surface area contributed by atoms with Crippen LogP contribution < -0.4 is 0 Å². The van der Waals surface area contributed by atoms with Gasteiger partial charge in [0.05, 0.1) is 13.2 Å². The van der Waals surface area contributed by atoms with Crippen LogP contribution in [0.4, 0.5) is 0 Å². The average Bonchev–Trinajstić information content (AvgIpc) is 2.01. The molecule has 84 valence electrons. The molecule has 0 heterocycles. The lowest BCUT2D eigenvalue weighted by Crippen LogP contribution is -2.42. The van der Waals surface area contributed by atoms with Crippen LogP contribution in [0.5, 0.6) is 0 Å². The van der Waals surface area contributed by atoms with E-state index >= 15 is 0 Å². The van der Waals surface area contributed by atoms with Crippen LogP contribution in [-0.2, 0) is 9.22 Å². The number of rotatable bonds is 5. The third kappa shape index (κ3) is 4.21. The molecule has 0 aliphatic carbocycles. The third-order valence-corrected chi connectivity index (χ3v) is 7.25. The zero-order chi connectivity index (χ0) is 11.4. The smallest absolute Gasteiger partial charge is 0.233 e. The monoisotopic (exact) mass is 219 g/mol. The van der Waals surface area contributed by atoms with Gasteiger partial charge in [-0.15, -0.1) is 0 Å². The highest BCUT2D eigenvalue weighted by atomic mass is 28.4. The fourth-order valence-corrected chi connectivity index (χ4v) is 1.70. The molecule has 0 aliphatic heterocycles. The van der Waals surface area contributed by atoms with Gasteiger partial charge in [-0.2, -0.15) is 0 Å². The maximum Gasteiger partial charge on any atom is 0.233 e. The molecule has 14 heavy (non-hydrogen) atoms. The van der Waals surface area contributed by atoms with E-state index in [-0.39, 0.29) is 11.6 Å². The van der Waals surface area contributed by atoms with Crippen molar-refractivity contribution in [1.82, 2.24) is 5.06 Å². The van der Waals surface area contributed by atoms with Gasteiger partial charge in [-0.1, -0.05) is 20.8 Å². The average molecular weight is 219 g/mol. The van der Waals surface area contributed by atoms with Gasteiger partial charge in [0.1, 0.15) is 0 Å². The van der Waals surface area contributed by atoms with Gasteiger partial charge in [-0.3, -0.25) is 10.0 Å². The van der Waals surface area contributed by atoms with Crippen LogP contribution in [0.1, 0.15) is 20.8 Å². The molecule has 0 bridgehead atoms. The van der Waals surface area contributed by atoms with Crippen molar-refractivity contribution in [3.05, 3.63) is 0 Å². The molecule has 0 aromatic carbocycles. The van der Waals surface area contributed by atoms with Gasteiger partial charge in [0, 0.05) is 0 Å². The first-order chi connectivity index (χ1) is 6.20. The molecular formula is C9H21NO3Si. The van der Waals surface area contributed by atoms with Crippen LogP contribution in [0.15, 0.2) is 0 Å². The molecule has 0 aromatic heterocycles. The quantitative estimate of drug-likeness (QED) is 0.332. The molecule has 0 saturated heterocycles. The van der Waals surface area contributed by atoms with Gasteiger partial charge in [0.25, 0.3) is 0 Å². The molecular weight excluding hydrogens is 198 g/mol. The Balaban J connectivity index is 3.95. The number of nitrogens with zero attached hydrogens (tertiary/aromatic N) is 1. The number of hydroxylamine groups is 2. The van der Waals surface area contributed by atoms with Gasteiger partial charge in [0.15, 0.2) is 8.32 Å². The van der Waals surface area contributed by atoms with Crippen molar-refractivity contribution in [1.29, 1.82) is 0 Å². The minimum Gasteiger partial charge on any atom is -0.415 e. The molecule has 0 rings (SSSR count). The standard InChI is InChI=1S/C9H21NO3Si/c1-9(2,3)14(4,5)13-7-6-10(12)8-11/h8,12H,6-7H2,1-5H3. The summed E-state index contributed by atoms with van der Waals surface area (Å²) in [7, 11) is -1.74. The van der Waals surface area contributed by atoms with Gasteiger partial charge >= 0.3 is 0 Å². The van der Waals surface area contributed by atoms with E-state index in [1.54, 1.807) is 0 Å². The Morgan fingerprint density at radius 3 is 2.29 bits per heavy atom. The maximum atomic E-state index is 10.1.